The van der Waals surface area contributed by atoms with Crippen LogP contribution in [0.25, 0.3) is 0 Å². The highest BCUT2D eigenvalue weighted by Gasteiger charge is 2.38. The first-order chi connectivity index (χ1) is 26.8. The number of carbonyl (C=O) groups excluding carboxylic acids is 6. The van der Waals surface area contributed by atoms with E-state index < -0.39 is 84.2 Å². The van der Waals surface area contributed by atoms with E-state index in [9.17, 15) is 38.7 Å². The lowest BCUT2D eigenvalue weighted by Crippen LogP contribution is -2.58. The first kappa shape index (κ1) is 47.9. The van der Waals surface area contributed by atoms with Gasteiger partial charge in [0.15, 0.2) is 5.96 Å². The number of nitrogens with two attached hydrogens (primary N) is 3. The van der Waals surface area contributed by atoms with Gasteiger partial charge in [0.2, 0.25) is 35.4 Å². The number of carbonyl (C=O) groups is 7. The lowest BCUT2D eigenvalue weighted by Gasteiger charge is -2.29. The van der Waals surface area contributed by atoms with Crippen molar-refractivity contribution < 1.29 is 38.7 Å². The number of hydrogen-bond acceptors (Lipinski definition) is 9. The van der Waals surface area contributed by atoms with Gasteiger partial charge < -0.3 is 53.8 Å². The summed E-state index contributed by atoms with van der Waals surface area (Å²) in [5, 5.41) is 22.9. The average molecular weight is 801 g/mol. The van der Waals surface area contributed by atoms with Gasteiger partial charge in [0, 0.05) is 19.5 Å². The first-order valence-corrected chi connectivity index (χ1v) is 19.7. The maximum absolute atomic E-state index is 13.6. The molecule has 18 heteroatoms. The number of carboxylic acid groups (broad SMARTS) is 1. The number of rotatable bonds is 23. The van der Waals surface area contributed by atoms with E-state index in [1.165, 1.54) is 4.90 Å². The average Bonchev–Trinajstić information content (AvgIpc) is 3.63. The van der Waals surface area contributed by atoms with Gasteiger partial charge in [-0.1, -0.05) is 71.9 Å². The predicted octanol–water partition coefficient (Wildman–Crippen LogP) is -0.511. The fraction of sp³-hybridized carbons (Fsp3) is 0.641. The normalized spacial score (nSPS) is 16.5. The van der Waals surface area contributed by atoms with Crippen LogP contribution in [0.1, 0.15) is 85.6 Å². The minimum absolute atomic E-state index is 0.000526. The molecule has 1 aliphatic heterocycles. The number of likely N-dealkylation sites (tertiary alicyclic amines) is 1. The van der Waals surface area contributed by atoms with Crippen LogP contribution in [0.15, 0.2) is 35.3 Å². The highest BCUT2D eigenvalue weighted by Crippen LogP contribution is 2.20. The third kappa shape index (κ3) is 16.8. The second kappa shape index (κ2) is 23.7. The number of carboxylic acids is 1. The lowest BCUT2D eigenvalue weighted by molar-refractivity contribution is -0.142. The largest absolute Gasteiger partial charge is 0.480 e. The highest BCUT2D eigenvalue weighted by atomic mass is 16.4. The number of amides is 6. The quantitative estimate of drug-likeness (QED) is 0.0386. The van der Waals surface area contributed by atoms with Gasteiger partial charge in [-0.15, -0.1) is 0 Å². The third-order valence-electron chi connectivity index (χ3n) is 9.39. The SMILES string of the molecule is CC(C)C[C@H](NC(=O)[C@@H]1CCCN1C(=O)[C@@H](N)CC(C)C)C(=O)NCC(=O)N[C@H](C(=O)N[C@@H](CCCN=C(N)N)C(=O)N[C@@H](Cc1ccccc1)C(=O)O)C(C)C. The summed E-state index contributed by atoms with van der Waals surface area (Å²) >= 11 is 0. The molecule has 6 atom stereocenters. The molecule has 6 amide bonds. The third-order valence-corrected chi connectivity index (χ3v) is 9.39. The molecule has 1 aromatic rings. The monoisotopic (exact) mass is 800 g/mol. The molecule has 1 aliphatic rings. The van der Waals surface area contributed by atoms with Crippen molar-refractivity contribution in [2.45, 2.75) is 123 Å². The van der Waals surface area contributed by atoms with Crippen LogP contribution in [-0.4, -0.2) is 113 Å². The van der Waals surface area contributed by atoms with Crippen molar-refractivity contribution in [3.05, 3.63) is 35.9 Å². The molecule has 0 aromatic heterocycles. The van der Waals surface area contributed by atoms with E-state index in [4.69, 9.17) is 17.2 Å². The summed E-state index contributed by atoms with van der Waals surface area (Å²) in [5.41, 5.74) is 17.7. The molecule has 0 unspecified atom stereocenters. The predicted molar refractivity (Wildman–Crippen MR) is 215 cm³/mol. The van der Waals surface area contributed by atoms with Crippen molar-refractivity contribution in [2.24, 2.45) is 39.9 Å². The van der Waals surface area contributed by atoms with Crippen LogP contribution in [0, 0.1) is 17.8 Å². The van der Waals surface area contributed by atoms with E-state index in [0.717, 1.165) is 0 Å². The summed E-state index contributed by atoms with van der Waals surface area (Å²) in [4.78, 5) is 97.6. The van der Waals surface area contributed by atoms with Gasteiger partial charge in [0.05, 0.1) is 12.6 Å². The van der Waals surface area contributed by atoms with Crippen molar-refractivity contribution in [1.29, 1.82) is 0 Å². The molecule has 1 saturated heterocycles. The van der Waals surface area contributed by atoms with Crippen molar-refractivity contribution in [3.8, 4) is 0 Å². The van der Waals surface area contributed by atoms with Crippen LogP contribution >= 0.6 is 0 Å². The zero-order valence-electron chi connectivity index (χ0n) is 34.1. The molecule has 0 radical (unpaired) electrons. The Bertz CT molecular complexity index is 1550. The Balaban J connectivity index is 2.11. The summed E-state index contributed by atoms with van der Waals surface area (Å²) < 4.78 is 0. The molecule has 1 heterocycles. The van der Waals surface area contributed by atoms with Crippen LogP contribution < -0.4 is 43.8 Å². The molecule has 0 spiro atoms. The minimum Gasteiger partial charge on any atom is -0.480 e. The van der Waals surface area contributed by atoms with Gasteiger partial charge in [-0.3, -0.25) is 33.8 Å². The van der Waals surface area contributed by atoms with Crippen LogP contribution in [0.5, 0.6) is 0 Å². The molecular weight excluding hydrogens is 736 g/mol. The fourth-order valence-electron chi connectivity index (χ4n) is 6.50. The van der Waals surface area contributed by atoms with Crippen molar-refractivity contribution >= 4 is 47.4 Å². The first-order valence-electron chi connectivity index (χ1n) is 19.7. The van der Waals surface area contributed by atoms with E-state index in [-0.39, 0.29) is 55.9 Å². The van der Waals surface area contributed by atoms with Crippen LogP contribution in [0.2, 0.25) is 0 Å². The van der Waals surface area contributed by atoms with Gasteiger partial charge in [-0.25, -0.2) is 4.79 Å². The number of benzene rings is 1. The summed E-state index contributed by atoms with van der Waals surface area (Å²) in [6.07, 6.45) is 2.07. The zero-order chi connectivity index (χ0) is 42.8. The number of hydrogen-bond donors (Lipinski definition) is 9. The Labute approximate surface area is 335 Å². The van der Waals surface area contributed by atoms with Crippen LogP contribution in [-0.2, 0) is 40.0 Å². The van der Waals surface area contributed by atoms with Crippen LogP contribution in [0.4, 0.5) is 0 Å². The van der Waals surface area contributed by atoms with Gasteiger partial charge in [-0.05, 0) is 61.8 Å². The number of nitrogens with one attached hydrogen (secondary N) is 5. The molecule has 1 aromatic carbocycles. The number of nitrogens with zero attached hydrogens (tertiary/aromatic N) is 2. The summed E-state index contributed by atoms with van der Waals surface area (Å²) in [6.45, 7) is 11.0. The molecule has 1 fully saturated rings. The maximum Gasteiger partial charge on any atom is 0.326 e. The molecule has 57 heavy (non-hydrogen) atoms. The second-order valence-corrected chi connectivity index (χ2v) is 15.7. The summed E-state index contributed by atoms with van der Waals surface area (Å²) in [5.74, 6) is -5.29. The van der Waals surface area contributed by atoms with Gasteiger partial charge in [0.1, 0.15) is 30.2 Å². The maximum atomic E-state index is 13.6. The van der Waals surface area contributed by atoms with E-state index in [1.54, 1.807) is 44.2 Å². The van der Waals surface area contributed by atoms with E-state index in [0.29, 0.717) is 31.4 Å². The highest BCUT2D eigenvalue weighted by molar-refractivity contribution is 5.96. The molecule has 0 saturated carbocycles. The van der Waals surface area contributed by atoms with E-state index >= 15 is 0 Å². The van der Waals surface area contributed by atoms with Crippen LogP contribution in [0.3, 0.4) is 0 Å². The zero-order valence-corrected chi connectivity index (χ0v) is 34.1. The molecule has 318 valence electrons. The smallest absolute Gasteiger partial charge is 0.326 e. The van der Waals surface area contributed by atoms with E-state index in [2.05, 4.69) is 31.6 Å². The Morgan fingerprint density at radius 2 is 1.46 bits per heavy atom. The Morgan fingerprint density at radius 1 is 0.825 bits per heavy atom. The van der Waals surface area contributed by atoms with E-state index in [1.807, 2.05) is 27.7 Å². The molecule has 2 rings (SSSR count). The Morgan fingerprint density at radius 3 is 2.04 bits per heavy atom. The second-order valence-electron chi connectivity index (χ2n) is 15.7. The standard InChI is InChI=1S/C39H64N10O8/c1-22(2)18-26(40)37(55)49-17-11-15-30(49)35(53)46-28(19-23(3)4)33(51)44-21-31(50)48-32(24(5)6)36(54)45-27(14-10-16-43-39(41)42)34(52)47-29(38(56)57)20-25-12-8-7-9-13-25/h7-9,12-13,22-24,26-30,32H,10-11,14-21,40H2,1-6H3,(H,44,51)(H,45,54)(H,46,53)(H,47,52)(H,48,50)(H,56,57)(H4,41,42,43)/t26-,27-,28-,29-,30-,32-/m0/s1. The number of aliphatic carboxylic acids is 1. The summed E-state index contributed by atoms with van der Waals surface area (Å²) in [7, 11) is 0. The van der Waals surface area contributed by atoms with Gasteiger partial charge in [-0.2, -0.15) is 0 Å². The molecule has 12 N–H and O–H groups in total. The van der Waals surface area contributed by atoms with Gasteiger partial charge >= 0.3 is 5.97 Å². The van der Waals surface area contributed by atoms with Gasteiger partial charge in [0.25, 0.3) is 0 Å². The Hall–Kier alpha value is -5.26. The number of aliphatic imine (C=N–C) groups is 1. The number of guanidine groups is 1. The summed E-state index contributed by atoms with van der Waals surface area (Å²) in [6, 6.07) is 2.56. The Kier molecular flexibility index (Phi) is 19.9. The molecule has 18 nitrogen and oxygen atoms in total. The molecule has 0 aliphatic carbocycles. The molecular formula is C39H64N10O8. The van der Waals surface area contributed by atoms with Crippen molar-refractivity contribution in [1.82, 2.24) is 31.5 Å². The fourth-order valence-corrected chi connectivity index (χ4v) is 6.50. The topological polar surface area (TPSA) is 294 Å². The molecule has 0 bridgehead atoms. The minimum atomic E-state index is -1.29. The van der Waals surface area contributed by atoms with Crippen molar-refractivity contribution in [3.63, 3.8) is 0 Å². The van der Waals surface area contributed by atoms with Crippen molar-refractivity contribution in [2.75, 3.05) is 19.6 Å². The lowest BCUT2D eigenvalue weighted by atomic mass is 10.0.